The van der Waals surface area contributed by atoms with E-state index in [-0.39, 0.29) is 11.8 Å². The summed E-state index contributed by atoms with van der Waals surface area (Å²) < 4.78 is 15.9. The minimum atomic E-state index is -1.07. The van der Waals surface area contributed by atoms with E-state index >= 15 is 0 Å². The van der Waals surface area contributed by atoms with E-state index in [2.05, 4.69) is 10.6 Å². The molecule has 2 N–H and O–H groups in total. The lowest BCUT2D eigenvalue weighted by Gasteiger charge is -2.18. The Morgan fingerprint density at radius 1 is 0.793 bits per heavy atom. The lowest BCUT2D eigenvalue weighted by Crippen LogP contribution is -2.35. The number of nitrogens with one attached hydrogen (secondary N) is 2. The number of hydrogen-bond acceptors (Lipinski definition) is 5. The van der Waals surface area contributed by atoms with Crippen LogP contribution in [0.4, 0.5) is 11.4 Å². The molecule has 7 nitrogen and oxygen atoms in total. The molecular formula is C22H26N2O5. The van der Waals surface area contributed by atoms with Crippen LogP contribution in [0, 0.1) is 19.3 Å². The maximum atomic E-state index is 12.9. The first-order valence-electron chi connectivity index (χ1n) is 9.35. The number of aryl methyl sites for hydroxylation is 2. The van der Waals surface area contributed by atoms with Gasteiger partial charge >= 0.3 is 0 Å². The zero-order chi connectivity index (χ0) is 21.2. The van der Waals surface area contributed by atoms with Crippen LogP contribution in [0.3, 0.4) is 0 Å². The lowest BCUT2D eigenvalue weighted by atomic mass is 10.0. The number of carbonyl (C=O) groups excluding carboxylic acids is 2. The van der Waals surface area contributed by atoms with Crippen molar-refractivity contribution in [1.29, 1.82) is 0 Å². The van der Waals surface area contributed by atoms with E-state index in [1.54, 1.807) is 12.1 Å². The van der Waals surface area contributed by atoms with E-state index in [1.807, 2.05) is 32.0 Å². The van der Waals surface area contributed by atoms with Crippen LogP contribution >= 0.6 is 0 Å². The number of rotatable bonds is 7. The number of carbonyl (C=O) groups is 2. The monoisotopic (exact) mass is 398 g/mol. The molecule has 0 aliphatic heterocycles. The van der Waals surface area contributed by atoms with Gasteiger partial charge in [-0.15, -0.1) is 0 Å². The molecule has 7 heteroatoms. The zero-order valence-corrected chi connectivity index (χ0v) is 17.3. The van der Waals surface area contributed by atoms with Gasteiger partial charge in [0.1, 0.15) is 5.41 Å². The fourth-order valence-electron chi connectivity index (χ4n) is 3.16. The summed E-state index contributed by atoms with van der Waals surface area (Å²) in [6, 6.07) is 8.96. The van der Waals surface area contributed by atoms with E-state index in [1.165, 1.54) is 21.3 Å². The van der Waals surface area contributed by atoms with Gasteiger partial charge in [-0.25, -0.2) is 0 Å². The topological polar surface area (TPSA) is 85.9 Å². The standard InChI is InChI=1S/C22H26N2O5/c1-13-6-7-15(10-14(13)2)23-20(25)22(8-9-22)21(26)24-16-11-17(27-3)19(29-5)18(12-16)28-4/h6-7,10-12H,8-9H2,1-5H3,(H,23,25)(H,24,26). The fourth-order valence-corrected chi connectivity index (χ4v) is 3.16. The van der Waals surface area contributed by atoms with Gasteiger partial charge in [-0.2, -0.15) is 0 Å². The van der Waals surface area contributed by atoms with Gasteiger partial charge in [-0.1, -0.05) is 6.07 Å². The number of ether oxygens (including phenoxy) is 3. The Morgan fingerprint density at radius 2 is 1.34 bits per heavy atom. The van der Waals surface area contributed by atoms with Gasteiger partial charge in [0, 0.05) is 23.5 Å². The van der Waals surface area contributed by atoms with Crippen molar-refractivity contribution in [2.45, 2.75) is 26.7 Å². The largest absolute Gasteiger partial charge is 0.493 e. The van der Waals surface area contributed by atoms with Gasteiger partial charge < -0.3 is 24.8 Å². The molecule has 29 heavy (non-hydrogen) atoms. The smallest absolute Gasteiger partial charge is 0.240 e. The molecule has 0 heterocycles. The van der Waals surface area contributed by atoms with Crippen LogP contribution in [0.2, 0.25) is 0 Å². The number of anilines is 2. The summed E-state index contributed by atoms with van der Waals surface area (Å²) in [6.45, 7) is 3.99. The second-order valence-electron chi connectivity index (χ2n) is 7.20. The molecule has 0 aromatic heterocycles. The van der Waals surface area contributed by atoms with E-state index in [4.69, 9.17) is 14.2 Å². The second kappa shape index (κ2) is 8.03. The number of hydrogen-bond donors (Lipinski definition) is 2. The molecule has 1 aliphatic carbocycles. The predicted octanol–water partition coefficient (Wildman–Crippen LogP) is 3.69. The Hall–Kier alpha value is -3.22. The molecule has 2 amide bonds. The number of benzene rings is 2. The Kier molecular flexibility index (Phi) is 5.68. The van der Waals surface area contributed by atoms with Gasteiger partial charge in [0.05, 0.1) is 21.3 Å². The minimum Gasteiger partial charge on any atom is -0.493 e. The van der Waals surface area contributed by atoms with Crippen molar-refractivity contribution in [2.24, 2.45) is 5.41 Å². The van der Waals surface area contributed by atoms with Crippen molar-refractivity contribution in [3.05, 3.63) is 41.5 Å². The molecule has 154 valence electrons. The molecule has 1 saturated carbocycles. The van der Waals surface area contributed by atoms with Crippen molar-refractivity contribution < 1.29 is 23.8 Å². The summed E-state index contributed by atoms with van der Waals surface area (Å²) in [5, 5.41) is 5.69. The van der Waals surface area contributed by atoms with E-state index in [0.717, 1.165) is 11.1 Å². The highest BCUT2D eigenvalue weighted by Crippen LogP contribution is 2.48. The lowest BCUT2D eigenvalue weighted by molar-refractivity contribution is -0.131. The Bertz CT molecular complexity index is 925. The molecule has 3 rings (SSSR count). The second-order valence-corrected chi connectivity index (χ2v) is 7.20. The van der Waals surface area contributed by atoms with Gasteiger partial charge in [0.2, 0.25) is 17.6 Å². The summed E-state index contributed by atoms with van der Waals surface area (Å²) in [4.78, 5) is 25.7. The Morgan fingerprint density at radius 3 is 1.79 bits per heavy atom. The molecule has 0 unspecified atom stereocenters. The predicted molar refractivity (Wildman–Crippen MR) is 111 cm³/mol. The Balaban J connectivity index is 1.77. The van der Waals surface area contributed by atoms with Crippen LogP contribution in [-0.2, 0) is 9.59 Å². The Labute approximate surface area is 170 Å². The molecule has 2 aromatic carbocycles. The minimum absolute atomic E-state index is 0.300. The SMILES string of the molecule is COc1cc(NC(=O)C2(C(=O)Nc3ccc(C)c(C)c3)CC2)cc(OC)c1OC. The first-order chi connectivity index (χ1) is 13.8. The van der Waals surface area contributed by atoms with E-state index in [0.29, 0.717) is 41.5 Å². The maximum absolute atomic E-state index is 12.9. The third-order valence-corrected chi connectivity index (χ3v) is 5.31. The number of amides is 2. The summed E-state index contributed by atoms with van der Waals surface area (Å²) in [7, 11) is 4.51. The molecule has 0 saturated heterocycles. The normalized spacial score (nSPS) is 14.0. The highest BCUT2D eigenvalue weighted by Gasteiger charge is 2.56. The van der Waals surface area contributed by atoms with Crippen molar-refractivity contribution in [3.63, 3.8) is 0 Å². The van der Waals surface area contributed by atoms with Crippen LogP contribution in [0.5, 0.6) is 17.2 Å². The molecule has 1 aliphatic rings. The van der Waals surface area contributed by atoms with E-state index in [9.17, 15) is 9.59 Å². The third kappa shape index (κ3) is 3.99. The van der Waals surface area contributed by atoms with Crippen LogP contribution in [0.25, 0.3) is 0 Å². The van der Waals surface area contributed by atoms with Gasteiger partial charge in [-0.3, -0.25) is 9.59 Å². The molecule has 0 radical (unpaired) electrons. The van der Waals surface area contributed by atoms with Gasteiger partial charge in [-0.05, 0) is 49.9 Å². The molecule has 0 spiro atoms. The molecule has 2 aromatic rings. The summed E-state index contributed by atoms with van der Waals surface area (Å²) in [5.41, 5.74) is 2.30. The quantitative estimate of drug-likeness (QED) is 0.695. The fraction of sp³-hybridized carbons (Fsp3) is 0.364. The average molecular weight is 398 g/mol. The summed E-state index contributed by atoms with van der Waals surface area (Å²) in [6.07, 6.45) is 1.000. The van der Waals surface area contributed by atoms with Gasteiger partial charge in [0.15, 0.2) is 11.5 Å². The van der Waals surface area contributed by atoms with Crippen LogP contribution < -0.4 is 24.8 Å². The van der Waals surface area contributed by atoms with Crippen LogP contribution in [0.1, 0.15) is 24.0 Å². The van der Waals surface area contributed by atoms with Crippen LogP contribution in [-0.4, -0.2) is 33.1 Å². The average Bonchev–Trinajstić information content (AvgIpc) is 3.52. The van der Waals surface area contributed by atoms with Crippen molar-refractivity contribution in [2.75, 3.05) is 32.0 Å². The molecular weight excluding hydrogens is 372 g/mol. The molecule has 0 bridgehead atoms. The van der Waals surface area contributed by atoms with Crippen molar-refractivity contribution in [1.82, 2.24) is 0 Å². The van der Waals surface area contributed by atoms with Crippen molar-refractivity contribution >= 4 is 23.2 Å². The van der Waals surface area contributed by atoms with Gasteiger partial charge in [0.25, 0.3) is 0 Å². The maximum Gasteiger partial charge on any atom is 0.240 e. The third-order valence-electron chi connectivity index (χ3n) is 5.31. The number of methoxy groups -OCH3 is 3. The van der Waals surface area contributed by atoms with E-state index < -0.39 is 5.41 Å². The summed E-state index contributed by atoms with van der Waals surface area (Å²) >= 11 is 0. The first kappa shape index (κ1) is 20.5. The first-order valence-corrected chi connectivity index (χ1v) is 9.35. The zero-order valence-electron chi connectivity index (χ0n) is 17.3. The summed E-state index contributed by atoms with van der Waals surface area (Å²) in [5.74, 6) is 0.624. The highest BCUT2D eigenvalue weighted by atomic mass is 16.5. The van der Waals surface area contributed by atoms with Crippen molar-refractivity contribution in [3.8, 4) is 17.2 Å². The molecule has 1 fully saturated rings. The molecule has 0 atom stereocenters. The van der Waals surface area contributed by atoms with Crippen LogP contribution in [0.15, 0.2) is 30.3 Å². The highest BCUT2D eigenvalue weighted by molar-refractivity contribution is 6.17.